The monoisotopic (exact) mass is 1340 g/mol. The summed E-state index contributed by atoms with van der Waals surface area (Å²) in [6.07, 6.45) is 9.05. The zero-order valence-corrected chi connectivity index (χ0v) is 56.5. The largest absolute Gasteiger partial charge is 0.456 e. The maximum Gasteiger partial charge on any atom is 0.136 e. The van der Waals surface area contributed by atoms with Crippen molar-refractivity contribution in [2.45, 2.75) is 16.1 Å². The third-order valence-electron chi connectivity index (χ3n) is 20.5. The average Bonchev–Trinajstić information content (AvgIpc) is 1.62. The van der Waals surface area contributed by atoms with Crippen molar-refractivity contribution in [1.82, 2.24) is 4.98 Å². The van der Waals surface area contributed by atoms with Crippen LogP contribution in [0.15, 0.2) is 295 Å². The summed E-state index contributed by atoms with van der Waals surface area (Å²) in [5.41, 5.74) is 20.0. The Morgan fingerprint density at radius 2 is 0.845 bits per heavy atom. The predicted molar refractivity (Wildman–Crippen MR) is 425 cm³/mol. The van der Waals surface area contributed by atoms with Crippen LogP contribution >= 0.6 is 68.4 Å². The Labute approximate surface area is 580 Å². The van der Waals surface area contributed by atoms with Gasteiger partial charge in [-0.05, 0) is 211 Å². The lowest BCUT2D eigenvalue weighted by molar-refractivity contribution is 0.669. The smallest absolute Gasteiger partial charge is 0.136 e. The number of benzene rings is 13. The summed E-state index contributed by atoms with van der Waals surface area (Å²) in [7, 11) is 0. The van der Waals surface area contributed by atoms with E-state index in [2.05, 4.69) is 273 Å². The maximum absolute atomic E-state index is 6.47. The minimum Gasteiger partial charge on any atom is -0.456 e. The molecule has 2 unspecified atom stereocenters. The van der Waals surface area contributed by atoms with Gasteiger partial charge >= 0.3 is 0 Å². The molecule has 0 N–H and O–H groups in total. The van der Waals surface area contributed by atoms with Crippen LogP contribution in [0.2, 0.25) is 0 Å². The molecule has 2 aliphatic rings. The summed E-state index contributed by atoms with van der Waals surface area (Å²) in [5, 5.41) is 17.0. The fourth-order valence-electron chi connectivity index (χ4n) is 16.0. The van der Waals surface area contributed by atoms with Crippen molar-refractivity contribution < 1.29 is 4.42 Å². The quantitative estimate of drug-likeness (QED) is 0.159. The van der Waals surface area contributed by atoms with Gasteiger partial charge in [-0.2, -0.15) is 0 Å². The number of allylic oxidation sites excluding steroid dienone is 3. The number of pyridine rings is 1. The van der Waals surface area contributed by atoms with Crippen molar-refractivity contribution in [3.8, 4) is 66.9 Å². The van der Waals surface area contributed by atoms with E-state index in [1.807, 2.05) is 80.7 Å². The summed E-state index contributed by atoms with van der Waals surface area (Å²) < 4.78 is 18.5. The molecule has 97 heavy (non-hydrogen) atoms. The number of fused-ring (bicyclic) bond motifs is 22. The molecule has 13 aromatic carbocycles. The lowest BCUT2D eigenvalue weighted by Crippen LogP contribution is -2.13. The SMILES string of the molecule is C1=CC2c3cc4sc5ccc(-c6ccccc6-c6ccccc6-c6ccc7sc8cc9c(cc8c7c6)sc6ccccc69)cc5c4cc3SC2C(c2ccc3sc4sc5ccc(-c6cc(-c7ccc8oc9ccc%10ccccc%10c9c8c7)cc(-c7ccccn7)c6)cc5c4c3c2)=C1. The van der Waals surface area contributed by atoms with Crippen LogP contribution in [0.5, 0.6) is 0 Å². The van der Waals surface area contributed by atoms with Crippen molar-refractivity contribution in [3.63, 3.8) is 0 Å². The number of hydrogen-bond donors (Lipinski definition) is 0. The highest BCUT2D eigenvalue weighted by Crippen LogP contribution is 2.57. The molecule has 7 aromatic heterocycles. The number of nitrogens with zero attached hydrogens (tertiary/aromatic N) is 1. The van der Waals surface area contributed by atoms with Gasteiger partial charge in [0.1, 0.15) is 11.2 Å². The Kier molecular flexibility index (Phi) is 12.0. The van der Waals surface area contributed by atoms with Gasteiger partial charge in [0, 0.05) is 125 Å². The second-order valence-electron chi connectivity index (χ2n) is 25.9. The fraction of sp³-hybridized carbons (Fsp3) is 0.0225. The molecule has 8 heterocycles. The van der Waals surface area contributed by atoms with Crippen LogP contribution in [0, 0.1) is 0 Å². The molecule has 0 amide bonds. The Morgan fingerprint density at radius 1 is 0.320 bits per heavy atom. The highest BCUT2D eigenvalue weighted by Gasteiger charge is 2.37. The van der Waals surface area contributed by atoms with Gasteiger partial charge in [-0.3, -0.25) is 4.98 Å². The number of aromatic nitrogens is 1. The molecule has 1 aliphatic heterocycles. The molecule has 2 atom stereocenters. The first kappa shape index (κ1) is 54.9. The molecular weight excluding hydrogens is 1290 g/mol. The van der Waals surface area contributed by atoms with Crippen LogP contribution in [-0.2, 0) is 0 Å². The molecule has 20 aromatic rings. The van der Waals surface area contributed by atoms with E-state index in [0.717, 1.165) is 49.9 Å². The fourth-order valence-corrected chi connectivity index (χ4v) is 23.4. The third-order valence-corrected chi connectivity index (χ3v) is 27.8. The first-order valence-electron chi connectivity index (χ1n) is 32.8. The Balaban J connectivity index is 0.592. The number of hydrogen-bond acceptors (Lipinski definition) is 8. The minimum absolute atomic E-state index is 0.271. The van der Waals surface area contributed by atoms with Gasteiger partial charge in [-0.1, -0.05) is 152 Å². The van der Waals surface area contributed by atoms with E-state index < -0.39 is 0 Å². The van der Waals surface area contributed by atoms with Gasteiger partial charge in [0.15, 0.2) is 0 Å². The zero-order chi connectivity index (χ0) is 63.1. The van der Waals surface area contributed by atoms with Crippen LogP contribution in [-0.4, -0.2) is 10.2 Å². The molecule has 0 bridgehead atoms. The Morgan fingerprint density at radius 3 is 1.56 bits per heavy atom. The zero-order valence-electron chi connectivity index (χ0n) is 51.6. The van der Waals surface area contributed by atoms with Crippen LogP contribution < -0.4 is 0 Å². The average molecular weight is 1340 g/mol. The summed E-state index contributed by atoms with van der Waals surface area (Å²) in [6.45, 7) is 0. The van der Waals surface area contributed by atoms with Gasteiger partial charge in [0.05, 0.1) is 9.71 Å². The number of thiophene rings is 5. The second-order valence-corrected chi connectivity index (χ2v) is 32.7. The second kappa shape index (κ2) is 21.1. The van der Waals surface area contributed by atoms with E-state index >= 15 is 0 Å². The Hall–Kier alpha value is -10.3. The number of thioether (sulfide) groups is 1. The standard InChI is InChI=1S/C89H49NOS6/c1-2-15-59-48(12-1)23-30-76-86(59)71-39-49(24-29-75(71)91-76)54-36-55(38-56(37-54)74-21-9-10-35-90-74)50-25-31-80-72(40-50)87-73-43-53(28-34-81(73)97-89(87)96-80)60-19-11-20-64-68-45-84-70(47-85(68)95-88(60)64)66-42-52(27-33-79(66)94-84)58-14-4-6-17-62(58)61-16-5-3-13-57(61)51-26-32-78-65(41-51)69-46-82-67(44-83(69)93-78)63-18-7-8-22-77(63)92-82/h1-47,64,88H. The molecule has 0 fully saturated rings. The van der Waals surface area contributed by atoms with E-state index in [4.69, 9.17) is 9.40 Å². The first-order valence-corrected chi connectivity index (χ1v) is 37.8. The van der Waals surface area contributed by atoms with Crippen molar-refractivity contribution in [3.05, 3.63) is 296 Å². The molecule has 8 heteroatoms. The van der Waals surface area contributed by atoms with Crippen LogP contribution in [0.3, 0.4) is 0 Å². The highest BCUT2D eigenvalue weighted by atomic mass is 32.2. The van der Waals surface area contributed by atoms with E-state index in [1.54, 1.807) is 0 Å². The molecule has 0 spiro atoms. The molecule has 22 rings (SSSR count). The number of furan rings is 1. The predicted octanol–water partition coefficient (Wildman–Crippen LogP) is 28.0. The number of rotatable bonds is 7. The molecule has 0 radical (unpaired) electrons. The van der Waals surface area contributed by atoms with Gasteiger partial charge in [0.2, 0.25) is 0 Å². The topological polar surface area (TPSA) is 26.0 Å². The van der Waals surface area contributed by atoms with Gasteiger partial charge < -0.3 is 4.42 Å². The van der Waals surface area contributed by atoms with Crippen LogP contribution in [0.1, 0.15) is 17.0 Å². The lowest BCUT2D eigenvalue weighted by Gasteiger charge is -2.23. The highest BCUT2D eigenvalue weighted by molar-refractivity contribution is 8.00. The van der Waals surface area contributed by atoms with E-state index in [0.29, 0.717) is 0 Å². The summed E-state index contributed by atoms with van der Waals surface area (Å²) in [4.78, 5) is 6.26. The third kappa shape index (κ3) is 8.51. The molecular formula is C89H49NOS6. The molecule has 452 valence electrons. The van der Waals surface area contributed by atoms with E-state index in [9.17, 15) is 0 Å². The summed E-state index contributed by atoms with van der Waals surface area (Å²) in [6, 6.07) is 98.1. The van der Waals surface area contributed by atoms with Crippen molar-refractivity contribution in [1.29, 1.82) is 0 Å². The molecule has 1 aliphatic carbocycles. The maximum atomic E-state index is 6.47. The first-order chi connectivity index (χ1) is 48.0. The van der Waals surface area contributed by atoms with Crippen LogP contribution in [0.4, 0.5) is 0 Å². The van der Waals surface area contributed by atoms with Gasteiger partial charge in [-0.25, -0.2) is 0 Å². The van der Waals surface area contributed by atoms with E-state index in [1.165, 1.54) is 161 Å². The van der Waals surface area contributed by atoms with Gasteiger partial charge in [-0.15, -0.1) is 68.4 Å². The lowest BCUT2D eigenvalue weighted by atomic mass is 9.85. The minimum atomic E-state index is 0.271. The molecule has 2 nitrogen and oxygen atoms in total. The Bertz CT molecular complexity index is 6880. The summed E-state index contributed by atoms with van der Waals surface area (Å²) >= 11 is 11.6. The normalized spacial score (nSPS) is 14.8. The van der Waals surface area contributed by atoms with Crippen molar-refractivity contribution >= 4 is 197 Å². The van der Waals surface area contributed by atoms with E-state index in [-0.39, 0.29) is 11.2 Å². The summed E-state index contributed by atoms with van der Waals surface area (Å²) in [5.74, 6) is 0.282. The van der Waals surface area contributed by atoms with Crippen molar-refractivity contribution in [2.24, 2.45) is 0 Å². The van der Waals surface area contributed by atoms with Gasteiger partial charge in [0.25, 0.3) is 0 Å². The van der Waals surface area contributed by atoms with Crippen LogP contribution in [0.25, 0.3) is 195 Å². The van der Waals surface area contributed by atoms with Crippen molar-refractivity contribution in [2.75, 3.05) is 0 Å². The molecule has 0 saturated heterocycles. The molecule has 0 saturated carbocycles.